The van der Waals surface area contributed by atoms with Gasteiger partial charge in [0.15, 0.2) is 0 Å². The van der Waals surface area contributed by atoms with Gasteiger partial charge in [-0.05, 0) is 41.4 Å². The molecule has 15 heavy (non-hydrogen) atoms. The first-order valence-corrected chi connectivity index (χ1v) is 5.94. The maximum Gasteiger partial charge on any atom is 0.0626 e. The first kappa shape index (κ1) is 10.5. The van der Waals surface area contributed by atoms with E-state index in [9.17, 15) is 0 Å². The zero-order valence-corrected chi connectivity index (χ0v) is 10.6. The summed E-state index contributed by atoms with van der Waals surface area (Å²) < 4.78 is 3.49. The smallest absolute Gasteiger partial charge is 0.0626 e. The van der Waals surface area contributed by atoms with Gasteiger partial charge in [0, 0.05) is 16.7 Å². The van der Waals surface area contributed by atoms with Gasteiger partial charge in [-0.25, -0.2) is 0 Å². The molecule has 0 saturated carbocycles. The Morgan fingerprint density at radius 1 is 1.20 bits per heavy atom. The van der Waals surface area contributed by atoms with Crippen molar-refractivity contribution in [2.24, 2.45) is 0 Å². The van der Waals surface area contributed by atoms with Crippen LogP contribution in [0.1, 0.15) is 12.6 Å². The van der Waals surface area contributed by atoms with Gasteiger partial charge in [0.1, 0.15) is 0 Å². The Morgan fingerprint density at radius 3 is 2.47 bits per heavy atom. The summed E-state index contributed by atoms with van der Waals surface area (Å²) >= 11 is 3.62. The minimum Gasteiger partial charge on any atom is -0.344 e. The van der Waals surface area contributed by atoms with Crippen LogP contribution in [0.2, 0.25) is 0 Å². The summed E-state index contributed by atoms with van der Waals surface area (Å²) in [5, 5.41) is 0. The molecule has 0 aliphatic rings. The molecule has 1 aromatic heterocycles. The van der Waals surface area contributed by atoms with Crippen molar-refractivity contribution in [2.45, 2.75) is 20.4 Å². The fraction of sp³-hybridized carbons (Fsp3) is 0.231. The van der Waals surface area contributed by atoms with Crippen LogP contribution in [-0.2, 0) is 6.54 Å². The molecule has 2 rings (SSSR count). The van der Waals surface area contributed by atoms with Gasteiger partial charge in [0.05, 0.1) is 5.69 Å². The summed E-state index contributed by atoms with van der Waals surface area (Å²) in [6.45, 7) is 5.31. The Labute approximate surface area is 98.9 Å². The fourth-order valence-corrected chi connectivity index (χ4v) is 2.71. The van der Waals surface area contributed by atoms with Crippen molar-refractivity contribution < 1.29 is 0 Å². The maximum atomic E-state index is 3.62. The molecule has 0 aliphatic carbocycles. The Bertz CT molecular complexity index is 457. The maximum absolute atomic E-state index is 3.62. The van der Waals surface area contributed by atoms with Gasteiger partial charge in [0.25, 0.3) is 0 Å². The third-order valence-corrected chi connectivity index (χ3v) is 3.23. The lowest BCUT2D eigenvalue weighted by atomic mass is 10.1. The van der Waals surface area contributed by atoms with E-state index in [0.29, 0.717) is 0 Å². The molecule has 0 spiro atoms. The highest BCUT2D eigenvalue weighted by Gasteiger charge is 2.10. The van der Waals surface area contributed by atoms with E-state index < -0.39 is 0 Å². The van der Waals surface area contributed by atoms with Crippen LogP contribution in [0.25, 0.3) is 11.3 Å². The standard InChI is InChI=1S/C13H14BrN/c1-3-15-10(2)9-12(14)13(15)11-7-5-4-6-8-11/h4-9H,3H2,1-2H3. The molecular formula is C13H14BrN. The third-order valence-electron chi connectivity index (χ3n) is 2.62. The Morgan fingerprint density at radius 2 is 1.87 bits per heavy atom. The number of hydrogen-bond donors (Lipinski definition) is 0. The van der Waals surface area contributed by atoms with Crippen LogP contribution >= 0.6 is 15.9 Å². The summed E-state index contributed by atoms with van der Waals surface area (Å²) in [5.74, 6) is 0. The van der Waals surface area contributed by atoms with E-state index in [1.807, 2.05) is 6.07 Å². The van der Waals surface area contributed by atoms with Crippen LogP contribution < -0.4 is 0 Å². The topological polar surface area (TPSA) is 4.93 Å². The molecule has 0 unspecified atom stereocenters. The number of aromatic nitrogens is 1. The van der Waals surface area contributed by atoms with Gasteiger partial charge in [0.2, 0.25) is 0 Å². The predicted octanol–water partition coefficient (Wildman–Crippen LogP) is 4.25. The van der Waals surface area contributed by atoms with Crippen molar-refractivity contribution in [2.75, 3.05) is 0 Å². The van der Waals surface area contributed by atoms with Crippen LogP contribution in [-0.4, -0.2) is 4.57 Å². The first-order chi connectivity index (χ1) is 7.24. The van der Waals surface area contributed by atoms with Gasteiger partial charge in [-0.3, -0.25) is 0 Å². The molecular weight excluding hydrogens is 250 g/mol. The lowest BCUT2D eigenvalue weighted by Crippen LogP contribution is -1.98. The van der Waals surface area contributed by atoms with E-state index in [-0.39, 0.29) is 0 Å². The van der Waals surface area contributed by atoms with Crippen molar-refractivity contribution in [3.63, 3.8) is 0 Å². The first-order valence-electron chi connectivity index (χ1n) is 5.15. The van der Waals surface area contributed by atoms with Crippen LogP contribution in [0.5, 0.6) is 0 Å². The normalized spacial score (nSPS) is 10.6. The van der Waals surface area contributed by atoms with E-state index in [1.54, 1.807) is 0 Å². The number of rotatable bonds is 2. The average molecular weight is 264 g/mol. The van der Waals surface area contributed by atoms with Gasteiger partial charge >= 0.3 is 0 Å². The van der Waals surface area contributed by atoms with Crippen molar-refractivity contribution in [1.82, 2.24) is 4.57 Å². The molecule has 0 N–H and O–H groups in total. The largest absolute Gasteiger partial charge is 0.344 e. The van der Waals surface area contributed by atoms with Crippen LogP contribution in [0.3, 0.4) is 0 Å². The predicted molar refractivity (Wildman–Crippen MR) is 68.0 cm³/mol. The molecule has 78 valence electrons. The molecule has 0 amide bonds. The number of hydrogen-bond acceptors (Lipinski definition) is 0. The van der Waals surface area contributed by atoms with Gasteiger partial charge in [-0.15, -0.1) is 0 Å². The summed E-state index contributed by atoms with van der Waals surface area (Å²) in [7, 11) is 0. The molecule has 2 aromatic rings. The SMILES string of the molecule is CCn1c(C)cc(Br)c1-c1ccccc1. The van der Waals surface area contributed by atoms with Crippen LogP contribution in [0.15, 0.2) is 40.9 Å². The highest BCUT2D eigenvalue weighted by molar-refractivity contribution is 9.10. The van der Waals surface area contributed by atoms with Gasteiger partial charge in [-0.1, -0.05) is 30.3 Å². The van der Waals surface area contributed by atoms with Gasteiger partial charge in [-0.2, -0.15) is 0 Å². The quantitative estimate of drug-likeness (QED) is 0.764. The van der Waals surface area contributed by atoms with Crippen molar-refractivity contribution >= 4 is 15.9 Å². The lowest BCUT2D eigenvalue weighted by molar-refractivity contribution is 0.750. The molecule has 0 bridgehead atoms. The minimum absolute atomic E-state index is 1.00. The minimum atomic E-state index is 1.00. The summed E-state index contributed by atoms with van der Waals surface area (Å²) in [4.78, 5) is 0. The molecule has 0 fully saturated rings. The highest BCUT2D eigenvalue weighted by atomic mass is 79.9. The molecule has 1 aromatic carbocycles. The summed E-state index contributed by atoms with van der Waals surface area (Å²) in [5.41, 5.74) is 3.83. The second-order valence-electron chi connectivity index (χ2n) is 3.59. The number of benzene rings is 1. The van der Waals surface area contributed by atoms with Crippen LogP contribution in [0, 0.1) is 6.92 Å². The highest BCUT2D eigenvalue weighted by Crippen LogP contribution is 2.31. The Hall–Kier alpha value is -1.02. The van der Waals surface area contributed by atoms with Crippen molar-refractivity contribution in [3.05, 3.63) is 46.6 Å². The molecule has 2 heteroatoms. The third kappa shape index (κ3) is 1.86. The summed E-state index contributed by atoms with van der Waals surface area (Å²) in [6.07, 6.45) is 0. The average Bonchev–Trinajstić information content (AvgIpc) is 2.54. The van der Waals surface area contributed by atoms with Crippen LogP contribution in [0.4, 0.5) is 0 Å². The Kier molecular flexibility index (Phi) is 2.96. The molecule has 0 radical (unpaired) electrons. The van der Waals surface area contributed by atoms with E-state index in [0.717, 1.165) is 6.54 Å². The van der Waals surface area contributed by atoms with E-state index >= 15 is 0 Å². The van der Waals surface area contributed by atoms with E-state index in [4.69, 9.17) is 0 Å². The lowest BCUT2D eigenvalue weighted by Gasteiger charge is -2.09. The second kappa shape index (κ2) is 4.23. The number of aryl methyl sites for hydroxylation is 1. The zero-order valence-electron chi connectivity index (χ0n) is 9.00. The molecule has 1 nitrogen and oxygen atoms in total. The number of nitrogens with zero attached hydrogens (tertiary/aromatic N) is 1. The molecule has 0 saturated heterocycles. The molecule has 1 heterocycles. The van der Waals surface area contributed by atoms with E-state index in [1.165, 1.54) is 21.4 Å². The van der Waals surface area contributed by atoms with E-state index in [2.05, 4.69) is 64.7 Å². The molecule has 0 aliphatic heterocycles. The Balaban J connectivity index is 2.62. The summed E-state index contributed by atoms with van der Waals surface area (Å²) in [6, 6.07) is 12.7. The zero-order chi connectivity index (χ0) is 10.8. The number of halogens is 1. The van der Waals surface area contributed by atoms with Crippen molar-refractivity contribution in [1.29, 1.82) is 0 Å². The van der Waals surface area contributed by atoms with Gasteiger partial charge < -0.3 is 4.57 Å². The monoisotopic (exact) mass is 263 g/mol. The van der Waals surface area contributed by atoms with Crippen molar-refractivity contribution in [3.8, 4) is 11.3 Å². The fourth-order valence-electron chi connectivity index (χ4n) is 1.93. The second-order valence-corrected chi connectivity index (χ2v) is 4.45. The molecule has 0 atom stereocenters.